The van der Waals surface area contributed by atoms with Crippen LogP contribution in [-0.2, 0) is 27.3 Å². The number of fused-ring (bicyclic) bond motifs is 4. The third-order valence-corrected chi connectivity index (χ3v) is 8.71. The van der Waals surface area contributed by atoms with Crippen LogP contribution in [0.3, 0.4) is 0 Å². The fraction of sp³-hybridized carbons (Fsp3) is 0.609. The summed E-state index contributed by atoms with van der Waals surface area (Å²) in [5, 5.41) is 9.39. The van der Waals surface area contributed by atoms with Crippen LogP contribution in [0.1, 0.15) is 42.9 Å². The first-order chi connectivity index (χ1) is 16.4. The normalized spacial score (nSPS) is 35.1. The smallest absolute Gasteiger partial charge is 0.259 e. The van der Waals surface area contributed by atoms with Gasteiger partial charge in [0.15, 0.2) is 0 Å². The Labute approximate surface area is 200 Å². The highest BCUT2D eigenvalue weighted by Crippen LogP contribution is 2.48. The van der Waals surface area contributed by atoms with Gasteiger partial charge in [0, 0.05) is 30.9 Å². The molecule has 2 amide bonds. The average Bonchev–Trinajstić information content (AvgIpc) is 3.14. The Bertz CT molecular complexity index is 1120. The number of carbonyl (C=O) groups is 2. The van der Waals surface area contributed by atoms with E-state index in [0.29, 0.717) is 24.7 Å². The van der Waals surface area contributed by atoms with Gasteiger partial charge in [-0.25, -0.2) is 4.21 Å². The Morgan fingerprint density at radius 2 is 2.15 bits per heavy atom. The van der Waals surface area contributed by atoms with Crippen LogP contribution < -0.4 is 10.5 Å². The Morgan fingerprint density at radius 1 is 1.32 bits per heavy atom. The van der Waals surface area contributed by atoms with Gasteiger partial charge in [-0.15, -0.1) is 0 Å². The lowest BCUT2D eigenvalue weighted by atomic mass is 10.0. The molecule has 180 valence electrons. The summed E-state index contributed by atoms with van der Waals surface area (Å²) in [4.78, 5) is 32.1. The van der Waals surface area contributed by atoms with Crippen LogP contribution >= 0.6 is 0 Å². The molecule has 34 heavy (non-hydrogen) atoms. The molecule has 11 heteroatoms. The Kier molecular flexibility index (Phi) is 5.18. The summed E-state index contributed by atoms with van der Waals surface area (Å²) < 4.78 is 22.6. The van der Waals surface area contributed by atoms with E-state index in [9.17, 15) is 19.1 Å². The Hall–Kier alpha value is -2.52. The molecule has 0 aromatic heterocycles. The van der Waals surface area contributed by atoms with Gasteiger partial charge in [-0.3, -0.25) is 23.8 Å². The molecule has 3 aliphatic heterocycles. The second kappa shape index (κ2) is 8.02. The number of rotatable bonds is 6. The summed E-state index contributed by atoms with van der Waals surface area (Å²) >= 11 is -2.12. The maximum atomic E-state index is 13.4. The number of benzene rings is 1. The molecule has 5 aliphatic rings. The molecule has 4 N–H and O–H groups in total. The molecular formula is C23H28N6O4S. The highest BCUT2D eigenvalue weighted by Gasteiger charge is 2.56. The molecule has 6 rings (SSSR count). The summed E-state index contributed by atoms with van der Waals surface area (Å²) in [6.45, 7) is 1.03. The van der Waals surface area contributed by atoms with Crippen LogP contribution in [0.4, 0.5) is 5.69 Å². The predicted molar refractivity (Wildman–Crippen MR) is 123 cm³/mol. The zero-order valence-corrected chi connectivity index (χ0v) is 19.5. The van der Waals surface area contributed by atoms with E-state index in [1.807, 2.05) is 21.9 Å². The number of anilines is 1. The minimum absolute atomic E-state index is 0.0106. The van der Waals surface area contributed by atoms with Crippen molar-refractivity contribution in [3.63, 3.8) is 0 Å². The number of piperazine rings is 1. The van der Waals surface area contributed by atoms with Crippen molar-refractivity contribution in [2.75, 3.05) is 17.8 Å². The first kappa shape index (κ1) is 22.0. The van der Waals surface area contributed by atoms with Crippen LogP contribution in [0.25, 0.3) is 0 Å². The van der Waals surface area contributed by atoms with E-state index in [4.69, 9.17) is 10.3 Å². The van der Waals surface area contributed by atoms with Gasteiger partial charge < -0.3 is 15.5 Å². The van der Waals surface area contributed by atoms with Crippen LogP contribution in [0, 0.1) is 17.2 Å². The Balaban J connectivity index is 1.11. The van der Waals surface area contributed by atoms with Crippen LogP contribution in [0.2, 0.25) is 0 Å². The SMILES string of the molecule is N#C[C@@H]1CC2C[C@@H]2N1C(=O)[C@@H](N)CN1C[C@H]2C[C@@H]1C(=O)N2[C@H]1CCc2cc(NS(=O)O)ccc21. The third-order valence-electron chi connectivity index (χ3n) is 8.30. The quantitative estimate of drug-likeness (QED) is 0.494. The summed E-state index contributed by atoms with van der Waals surface area (Å²) in [6.07, 6.45) is 4.11. The fourth-order valence-corrected chi connectivity index (χ4v) is 7.09. The van der Waals surface area contributed by atoms with Crippen LogP contribution in [0.15, 0.2) is 18.2 Å². The first-order valence-electron chi connectivity index (χ1n) is 11.9. The molecule has 0 spiro atoms. The minimum Gasteiger partial charge on any atom is -0.330 e. The number of nitrogens with two attached hydrogens (primary N) is 1. The fourth-order valence-electron chi connectivity index (χ4n) is 6.76. The van der Waals surface area contributed by atoms with E-state index in [2.05, 4.69) is 10.8 Å². The molecule has 1 aromatic carbocycles. The van der Waals surface area contributed by atoms with E-state index in [-0.39, 0.29) is 42.0 Å². The maximum Gasteiger partial charge on any atom is 0.259 e. The molecule has 8 atom stereocenters. The van der Waals surface area contributed by atoms with Gasteiger partial charge in [-0.05, 0) is 61.3 Å². The maximum absolute atomic E-state index is 13.4. The summed E-state index contributed by atoms with van der Waals surface area (Å²) in [5.41, 5.74) is 9.09. The molecule has 3 saturated heterocycles. The zero-order valence-electron chi connectivity index (χ0n) is 18.7. The largest absolute Gasteiger partial charge is 0.330 e. The highest BCUT2D eigenvalue weighted by atomic mass is 32.2. The lowest BCUT2D eigenvalue weighted by molar-refractivity contribution is -0.141. The van der Waals surface area contributed by atoms with E-state index in [1.54, 1.807) is 11.0 Å². The van der Waals surface area contributed by atoms with Gasteiger partial charge in [-0.1, -0.05) is 6.07 Å². The monoisotopic (exact) mass is 484 g/mol. The van der Waals surface area contributed by atoms with Crippen molar-refractivity contribution < 1.29 is 18.4 Å². The zero-order chi connectivity index (χ0) is 23.7. The molecule has 1 aromatic rings. The summed E-state index contributed by atoms with van der Waals surface area (Å²) in [7, 11) is 0. The molecular weight excluding hydrogens is 456 g/mol. The predicted octanol–water partition coefficient (Wildman–Crippen LogP) is 0.348. The van der Waals surface area contributed by atoms with Crippen molar-refractivity contribution in [1.82, 2.24) is 14.7 Å². The van der Waals surface area contributed by atoms with Gasteiger partial charge in [0.25, 0.3) is 11.3 Å². The molecule has 4 fully saturated rings. The number of piperidine rings is 1. The van der Waals surface area contributed by atoms with Gasteiger partial charge in [0.2, 0.25) is 11.8 Å². The number of nitriles is 1. The summed E-state index contributed by atoms with van der Waals surface area (Å²) in [5.74, 6) is 0.373. The van der Waals surface area contributed by atoms with Crippen molar-refractivity contribution in [3.05, 3.63) is 29.3 Å². The molecule has 3 heterocycles. The minimum atomic E-state index is -2.12. The molecule has 2 bridgehead atoms. The summed E-state index contributed by atoms with van der Waals surface area (Å²) in [6, 6.07) is 6.76. The Morgan fingerprint density at radius 3 is 2.88 bits per heavy atom. The van der Waals surface area contributed by atoms with Crippen LogP contribution in [0.5, 0.6) is 0 Å². The van der Waals surface area contributed by atoms with E-state index in [0.717, 1.165) is 43.2 Å². The number of hydrogen-bond acceptors (Lipinski definition) is 6. The van der Waals surface area contributed by atoms with Crippen molar-refractivity contribution in [3.8, 4) is 6.07 Å². The number of nitrogens with one attached hydrogen (secondary N) is 1. The number of hydrogen-bond donors (Lipinski definition) is 3. The number of carbonyl (C=O) groups excluding carboxylic acids is 2. The molecule has 0 radical (unpaired) electrons. The molecule has 2 unspecified atom stereocenters. The second-order valence-corrected chi connectivity index (χ2v) is 10.9. The van der Waals surface area contributed by atoms with Crippen molar-refractivity contribution in [2.24, 2.45) is 11.7 Å². The van der Waals surface area contributed by atoms with E-state index in [1.165, 1.54) is 0 Å². The van der Waals surface area contributed by atoms with Crippen molar-refractivity contribution in [2.45, 2.75) is 68.4 Å². The lowest BCUT2D eigenvalue weighted by Crippen LogP contribution is -2.57. The van der Waals surface area contributed by atoms with Crippen molar-refractivity contribution >= 4 is 28.8 Å². The third kappa shape index (κ3) is 3.43. The van der Waals surface area contributed by atoms with E-state index < -0.39 is 17.3 Å². The topological polar surface area (TPSA) is 143 Å². The highest BCUT2D eigenvalue weighted by molar-refractivity contribution is 7.80. The standard InChI is InChI=1S/C23H28N6O4S/c24-9-15-6-13-7-20(13)28(15)22(30)18(25)11-27-10-16-8-21(27)23(31)29(16)19-4-1-12-5-14(26-34(32)33)2-3-17(12)19/h2-3,5,13,15-16,18-21,26H,1,4,6-8,10-11,25H2,(H,32,33)/t13?,15-,16+,18-,19-,20-,21+/m0/s1. The van der Waals surface area contributed by atoms with Gasteiger partial charge >= 0.3 is 0 Å². The van der Waals surface area contributed by atoms with Crippen LogP contribution in [-0.4, -0.2) is 78.6 Å². The number of aryl methyl sites for hydroxylation is 1. The van der Waals surface area contributed by atoms with Gasteiger partial charge in [0.1, 0.15) is 6.04 Å². The number of nitrogens with zero attached hydrogens (tertiary/aromatic N) is 4. The molecule has 2 aliphatic carbocycles. The average molecular weight is 485 g/mol. The van der Waals surface area contributed by atoms with Gasteiger partial charge in [-0.2, -0.15) is 5.26 Å². The number of likely N-dealkylation sites (tertiary alicyclic amines) is 3. The molecule has 10 nitrogen and oxygen atoms in total. The first-order valence-corrected chi connectivity index (χ1v) is 13.0. The number of amides is 2. The second-order valence-electron chi connectivity index (χ2n) is 10.2. The van der Waals surface area contributed by atoms with Gasteiger partial charge in [0.05, 0.1) is 24.2 Å². The lowest BCUT2D eigenvalue weighted by Gasteiger charge is -2.38. The van der Waals surface area contributed by atoms with Crippen molar-refractivity contribution in [1.29, 1.82) is 5.26 Å². The van der Waals surface area contributed by atoms with E-state index >= 15 is 0 Å². The molecule has 1 saturated carbocycles.